The smallest absolute Gasteiger partial charge is 0.217 e. The highest BCUT2D eigenvalue weighted by molar-refractivity contribution is 6.21. The first-order valence-corrected chi connectivity index (χ1v) is 11.7. The molecule has 14 nitrogen and oxygen atoms in total. The summed E-state index contributed by atoms with van der Waals surface area (Å²) in [6, 6.07) is -1.30. The van der Waals surface area contributed by atoms with Crippen molar-refractivity contribution in [1.82, 2.24) is 5.32 Å². The second-order valence-corrected chi connectivity index (χ2v) is 9.50. The van der Waals surface area contributed by atoms with E-state index in [-0.39, 0.29) is 0 Å². The van der Waals surface area contributed by atoms with Gasteiger partial charge in [-0.1, -0.05) is 0 Å². The molecule has 0 bridgehead atoms. The van der Waals surface area contributed by atoms with Crippen LogP contribution < -0.4 is 5.32 Å². The van der Waals surface area contributed by atoms with Gasteiger partial charge in [0, 0.05) is 6.92 Å². The predicted octanol–water partition coefficient (Wildman–Crippen LogP) is -4.13. The number of hydrogen-bond acceptors (Lipinski definition) is 13. The van der Waals surface area contributed by atoms with E-state index in [2.05, 4.69) is 5.32 Å². The Morgan fingerprint density at radius 2 is 1.40 bits per heavy atom. The molecule has 3 aliphatic rings. The SMILES string of the molecule is CC(=O)N[C@@H]1[C@@H](O[C@@H]2O[C@@H](C)[C@H](O)[C@@H](O[C@@H]3O[C@@H](C)[C@H](O)[C@@H](O)[C@H]3Cl)[C@H]2O)[C@H](O)[C@@H](CO)O[C@H]1O. The Bertz CT molecular complexity index is 721. The summed E-state index contributed by atoms with van der Waals surface area (Å²) in [5.74, 6) is -0.575. The van der Waals surface area contributed by atoms with Gasteiger partial charge >= 0.3 is 0 Å². The van der Waals surface area contributed by atoms with Crippen LogP contribution in [0.5, 0.6) is 0 Å². The normalized spacial score (nSPS) is 51.1. The Hall–Kier alpha value is -0.720. The van der Waals surface area contributed by atoms with Gasteiger partial charge in [0.05, 0.1) is 18.8 Å². The third kappa shape index (κ3) is 6.06. The van der Waals surface area contributed by atoms with Gasteiger partial charge in [0.15, 0.2) is 18.9 Å². The van der Waals surface area contributed by atoms with Crippen LogP contribution in [0.3, 0.4) is 0 Å². The molecule has 204 valence electrons. The zero-order valence-electron chi connectivity index (χ0n) is 19.3. The Morgan fingerprint density at radius 3 is 2.00 bits per heavy atom. The monoisotopic (exact) mass is 531 g/mol. The highest BCUT2D eigenvalue weighted by Crippen LogP contribution is 2.33. The number of aliphatic hydroxyl groups excluding tert-OH is 7. The number of aliphatic hydroxyl groups is 7. The van der Waals surface area contributed by atoms with Crippen molar-refractivity contribution in [3.05, 3.63) is 0 Å². The Kier molecular flexibility index (Phi) is 9.70. The summed E-state index contributed by atoms with van der Waals surface area (Å²) in [6.45, 7) is 3.43. The lowest BCUT2D eigenvalue weighted by Gasteiger charge is -2.48. The number of hydrogen-bond donors (Lipinski definition) is 8. The highest BCUT2D eigenvalue weighted by Gasteiger charge is 2.52. The number of nitrogens with one attached hydrogen (secondary N) is 1. The molecular formula is C20H34ClNO13. The molecule has 0 aromatic heterocycles. The number of halogens is 1. The summed E-state index contributed by atoms with van der Waals surface area (Å²) < 4.78 is 27.6. The first-order chi connectivity index (χ1) is 16.4. The molecule has 1 amide bonds. The van der Waals surface area contributed by atoms with E-state index >= 15 is 0 Å². The molecule has 8 N–H and O–H groups in total. The van der Waals surface area contributed by atoms with Gasteiger partial charge in [-0.05, 0) is 13.8 Å². The molecule has 0 aromatic carbocycles. The maximum Gasteiger partial charge on any atom is 0.217 e. The van der Waals surface area contributed by atoms with Crippen LogP contribution >= 0.6 is 11.6 Å². The Balaban J connectivity index is 1.79. The molecule has 3 fully saturated rings. The molecule has 3 rings (SSSR count). The summed E-state index contributed by atoms with van der Waals surface area (Å²) >= 11 is 6.15. The number of carbonyl (C=O) groups excluding carboxylic acids is 1. The fourth-order valence-corrected chi connectivity index (χ4v) is 4.58. The minimum absolute atomic E-state index is 0.575. The number of amides is 1. The summed E-state index contributed by atoms with van der Waals surface area (Å²) in [4.78, 5) is 11.6. The second kappa shape index (κ2) is 11.8. The average Bonchev–Trinajstić information content (AvgIpc) is 2.80. The number of alkyl halides is 1. The molecule has 0 aliphatic carbocycles. The summed E-state index contributed by atoms with van der Waals surface area (Å²) in [5, 5.41) is 73.1. The highest BCUT2D eigenvalue weighted by atomic mass is 35.5. The largest absolute Gasteiger partial charge is 0.394 e. The van der Waals surface area contributed by atoms with Crippen LogP contribution in [0.1, 0.15) is 20.8 Å². The fraction of sp³-hybridized carbons (Fsp3) is 0.950. The van der Waals surface area contributed by atoms with Gasteiger partial charge in [0.1, 0.15) is 60.3 Å². The number of rotatable bonds is 6. The van der Waals surface area contributed by atoms with Crippen LogP contribution in [0.25, 0.3) is 0 Å². The molecule has 0 spiro atoms. The zero-order valence-corrected chi connectivity index (χ0v) is 20.1. The van der Waals surface area contributed by atoms with Crippen LogP contribution in [0.15, 0.2) is 0 Å². The topological polar surface area (TPSA) is 217 Å². The van der Waals surface area contributed by atoms with E-state index in [0.29, 0.717) is 0 Å². The molecule has 3 heterocycles. The molecule has 0 radical (unpaired) electrons. The Morgan fingerprint density at radius 1 is 0.829 bits per heavy atom. The Labute approximate surface area is 206 Å². The molecule has 0 unspecified atom stereocenters. The van der Waals surface area contributed by atoms with Crippen molar-refractivity contribution in [3.63, 3.8) is 0 Å². The lowest BCUT2D eigenvalue weighted by atomic mass is 9.95. The third-order valence-electron chi connectivity index (χ3n) is 6.37. The van der Waals surface area contributed by atoms with Crippen LogP contribution in [-0.4, -0.2) is 140 Å². The molecule has 3 aliphatic heterocycles. The van der Waals surface area contributed by atoms with E-state index in [9.17, 15) is 40.5 Å². The van der Waals surface area contributed by atoms with Crippen molar-refractivity contribution >= 4 is 17.5 Å². The van der Waals surface area contributed by atoms with E-state index in [4.69, 9.17) is 35.3 Å². The average molecular weight is 532 g/mol. The van der Waals surface area contributed by atoms with Gasteiger partial charge in [-0.3, -0.25) is 4.79 Å². The lowest BCUT2D eigenvalue weighted by molar-refractivity contribution is -0.357. The molecule has 15 heteroatoms. The standard InChI is InChI=1S/C20H34ClNO13/c1-5-11(25)14(28)9(21)19(31-5)35-17-12(26)6(2)32-20(15(17)29)34-16-10(22-7(3)24)18(30)33-8(4-23)13(16)27/h5-6,8-20,23,25-30H,4H2,1-3H3,(H,22,24)/t5-,6-,8+,9+,10+,11-,12-,13+,14-,15+,16+,17+,18+,19-,20-/m0/s1. The maximum atomic E-state index is 11.6. The van der Waals surface area contributed by atoms with Gasteiger partial charge < -0.3 is 64.7 Å². The van der Waals surface area contributed by atoms with E-state index < -0.39 is 104 Å². The van der Waals surface area contributed by atoms with Crippen LogP contribution in [-0.2, 0) is 28.5 Å². The summed E-state index contributed by atoms with van der Waals surface area (Å²) in [5.41, 5.74) is 0. The van der Waals surface area contributed by atoms with Gasteiger partial charge in [-0.15, -0.1) is 11.6 Å². The molecule has 15 atom stereocenters. The van der Waals surface area contributed by atoms with E-state index in [1.165, 1.54) is 20.8 Å². The molecular weight excluding hydrogens is 498 g/mol. The molecule has 35 heavy (non-hydrogen) atoms. The summed E-state index contributed by atoms with van der Waals surface area (Å²) in [7, 11) is 0. The fourth-order valence-electron chi connectivity index (χ4n) is 4.32. The van der Waals surface area contributed by atoms with Crippen molar-refractivity contribution in [1.29, 1.82) is 0 Å². The quantitative estimate of drug-likeness (QED) is 0.153. The van der Waals surface area contributed by atoms with Crippen molar-refractivity contribution < 1.29 is 64.2 Å². The van der Waals surface area contributed by atoms with Gasteiger partial charge in [0.2, 0.25) is 5.91 Å². The molecule has 3 saturated heterocycles. The second-order valence-electron chi connectivity index (χ2n) is 8.99. The van der Waals surface area contributed by atoms with Crippen molar-refractivity contribution in [2.75, 3.05) is 6.61 Å². The van der Waals surface area contributed by atoms with Crippen molar-refractivity contribution in [2.24, 2.45) is 0 Å². The van der Waals surface area contributed by atoms with Crippen molar-refractivity contribution in [2.45, 2.75) is 112 Å². The van der Waals surface area contributed by atoms with Gasteiger partial charge in [0.25, 0.3) is 0 Å². The van der Waals surface area contributed by atoms with Crippen LogP contribution in [0, 0.1) is 0 Å². The van der Waals surface area contributed by atoms with Crippen molar-refractivity contribution in [3.8, 4) is 0 Å². The number of ether oxygens (including phenoxy) is 5. The van der Waals surface area contributed by atoms with Crippen LogP contribution in [0.4, 0.5) is 0 Å². The summed E-state index contributed by atoms with van der Waals surface area (Å²) in [6.07, 6.45) is -17.8. The number of carbonyl (C=O) groups is 1. The maximum absolute atomic E-state index is 11.6. The van der Waals surface area contributed by atoms with E-state index in [0.717, 1.165) is 0 Å². The lowest BCUT2D eigenvalue weighted by Crippen LogP contribution is -2.68. The van der Waals surface area contributed by atoms with E-state index in [1.54, 1.807) is 0 Å². The van der Waals surface area contributed by atoms with Gasteiger partial charge in [-0.25, -0.2) is 0 Å². The third-order valence-corrected chi connectivity index (χ3v) is 6.84. The minimum Gasteiger partial charge on any atom is -0.394 e. The molecule has 0 aromatic rings. The zero-order chi connectivity index (χ0) is 26.2. The van der Waals surface area contributed by atoms with Gasteiger partial charge in [-0.2, -0.15) is 0 Å². The minimum atomic E-state index is -1.70. The predicted molar refractivity (Wildman–Crippen MR) is 114 cm³/mol. The van der Waals surface area contributed by atoms with Crippen LogP contribution in [0.2, 0.25) is 0 Å². The van der Waals surface area contributed by atoms with E-state index in [1.807, 2.05) is 0 Å². The molecule has 0 saturated carbocycles. The first-order valence-electron chi connectivity index (χ1n) is 11.2. The first kappa shape index (κ1) is 28.8.